The van der Waals surface area contributed by atoms with Crippen LogP contribution in [0, 0.1) is 39.3 Å². The van der Waals surface area contributed by atoms with Gasteiger partial charge in [-0.25, -0.2) is 8.78 Å². The maximum Gasteiger partial charge on any atom is 0.495 e. The highest BCUT2D eigenvalue weighted by Gasteiger charge is 2.64. The lowest BCUT2D eigenvalue weighted by atomic mass is 9.49. The average Bonchev–Trinajstić information content (AvgIpc) is 3.89. The van der Waals surface area contributed by atoms with Crippen LogP contribution in [-0.4, -0.2) is 84.3 Å². The Hall–Kier alpha value is -3.39. The Bertz CT molecular complexity index is 2450. The minimum absolute atomic E-state index is 0. The monoisotopic (exact) mass is 954 g/mol. The van der Waals surface area contributed by atoms with E-state index in [1.54, 1.807) is 0 Å². The number of nitrogens with zero attached hydrogens (tertiary/aromatic N) is 6. The first-order chi connectivity index (χ1) is 29.1. The van der Waals surface area contributed by atoms with Gasteiger partial charge in [0.2, 0.25) is 0 Å². The number of aromatic nitrogens is 6. The summed E-state index contributed by atoms with van der Waals surface area (Å²) in [6.45, 7) is 39.7. The SMILES string of the molecule is CC1(C)OB(B2OC(C)(C)C(C)(C)O2)OC1(C)C.Cc1c(B2OC(C)(C)C(C)(C)O2)cc(F)c2c1-n1c(C)nnc1C(C)(C)N2.Cc1c(Br)cc(F)c2c1-n1c(C)nnc1C(C)(C)N2.[HH].[HH]. The van der Waals surface area contributed by atoms with Gasteiger partial charge in [-0.15, -0.1) is 20.4 Å². The number of nitrogens with one attached hydrogen (secondary N) is 2. The number of anilines is 2. The van der Waals surface area contributed by atoms with Crippen LogP contribution in [0.1, 0.15) is 148 Å². The molecular weight excluding hydrogens is 887 g/mol. The Balaban J connectivity index is 0.000000188. The van der Waals surface area contributed by atoms with Crippen LogP contribution in [0.2, 0.25) is 0 Å². The van der Waals surface area contributed by atoms with Gasteiger partial charge in [-0.2, -0.15) is 0 Å². The van der Waals surface area contributed by atoms with Gasteiger partial charge in [0.1, 0.15) is 23.3 Å². The lowest BCUT2D eigenvalue weighted by Gasteiger charge is -2.35. The minimum atomic E-state index is -0.634. The van der Waals surface area contributed by atoms with E-state index >= 15 is 4.39 Å². The van der Waals surface area contributed by atoms with Crippen molar-refractivity contribution >= 4 is 53.9 Å². The molecule has 0 radical (unpaired) electrons. The summed E-state index contributed by atoms with van der Waals surface area (Å²) in [5.74, 6) is 2.39. The summed E-state index contributed by atoms with van der Waals surface area (Å²) in [5, 5.41) is 23.4. The zero-order valence-electron chi connectivity index (χ0n) is 41.2. The smallest absolute Gasteiger partial charge is 0.405 e. The molecule has 3 fully saturated rings. The van der Waals surface area contributed by atoms with Gasteiger partial charge in [0.05, 0.1) is 67.4 Å². The third-order valence-corrected chi connectivity index (χ3v) is 15.2. The summed E-state index contributed by atoms with van der Waals surface area (Å²) in [4.78, 5) is 0. The van der Waals surface area contributed by atoms with Crippen LogP contribution in [0.25, 0.3) is 11.4 Å². The summed E-state index contributed by atoms with van der Waals surface area (Å²) in [6.07, 6.45) is 0. The van der Waals surface area contributed by atoms with E-state index in [2.05, 4.69) is 47.0 Å². The molecule has 7 heterocycles. The third-order valence-electron chi connectivity index (χ3n) is 14.4. The van der Waals surface area contributed by atoms with Crippen LogP contribution in [0.4, 0.5) is 20.2 Å². The number of rotatable bonds is 2. The van der Waals surface area contributed by atoms with Crippen LogP contribution in [0.3, 0.4) is 0 Å². The topological polar surface area (TPSA) is 141 Å². The van der Waals surface area contributed by atoms with E-state index in [-0.39, 0.29) is 36.9 Å². The van der Waals surface area contributed by atoms with Gasteiger partial charge in [0, 0.05) is 7.33 Å². The van der Waals surface area contributed by atoms with Crippen LogP contribution >= 0.6 is 15.9 Å². The summed E-state index contributed by atoms with van der Waals surface area (Å²) >= 11 is 3.40. The fourth-order valence-corrected chi connectivity index (χ4v) is 8.67. The van der Waals surface area contributed by atoms with Gasteiger partial charge < -0.3 is 38.6 Å². The standard InChI is InChI=1S/C19H26BFN4O2.C13H14BrFN4.C12H24B2O4.2H2/c1-10-12(20-26-18(5,6)19(7,8)27-20)9-13(21)14-15(10)25-11(2)23-24-16(25)17(3,4)22-14;1-6-8(14)5-9(15)10-11(6)19-7(2)17-18-12(19)13(3,4)16-10;1-9(2)10(3,4)16-13(15-9)14-17-11(5,6)12(7,8)18-14;;/h9,22H,1-8H3;5,16H,1-4H3;1-8H3;2*1H. The van der Waals surface area contributed by atoms with Crippen LogP contribution < -0.4 is 16.1 Å². The Morgan fingerprint density at radius 2 is 0.844 bits per heavy atom. The van der Waals surface area contributed by atoms with Crippen LogP contribution in [0.5, 0.6) is 0 Å². The molecule has 0 saturated carbocycles. The number of aryl methyl sites for hydroxylation is 2. The summed E-state index contributed by atoms with van der Waals surface area (Å²) in [5.41, 5.74) is 1.57. The Labute approximate surface area is 389 Å². The number of hydrogen-bond acceptors (Lipinski definition) is 12. The van der Waals surface area contributed by atoms with Crippen molar-refractivity contribution < 1.29 is 39.6 Å². The maximum atomic E-state index is 15.2. The fraction of sp³-hybridized carbons (Fsp3) is 0.636. The Morgan fingerprint density at radius 3 is 1.22 bits per heavy atom. The van der Waals surface area contributed by atoms with E-state index in [4.69, 9.17) is 27.9 Å². The zero-order valence-corrected chi connectivity index (χ0v) is 42.7. The van der Waals surface area contributed by atoms with Crippen molar-refractivity contribution in [3.05, 3.63) is 62.7 Å². The molecule has 5 aliphatic heterocycles. The Morgan fingerprint density at radius 1 is 0.516 bits per heavy atom. The highest BCUT2D eigenvalue weighted by Crippen LogP contribution is 2.45. The average molecular weight is 955 g/mol. The molecule has 0 bridgehead atoms. The first kappa shape index (κ1) is 48.5. The molecule has 2 aromatic heterocycles. The molecule has 350 valence electrons. The molecule has 14 nitrogen and oxygen atoms in total. The van der Waals surface area contributed by atoms with E-state index in [1.165, 1.54) is 12.1 Å². The molecule has 4 aromatic rings. The maximum absolute atomic E-state index is 15.2. The first-order valence-electron chi connectivity index (χ1n) is 21.9. The quantitative estimate of drug-likeness (QED) is 0.185. The van der Waals surface area contributed by atoms with Gasteiger partial charge in [-0.3, -0.25) is 9.13 Å². The lowest BCUT2D eigenvalue weighted by molar-refractivity contribution is 0.00578. The van der Waals surface area contributed by atoms with E-state index < -0.39 is 43.4 Å². The van der Waals surface area contributed by atoms with Gasteiger partial charge in [-0.1, -0.05) is 15.9 Å². The van der Waals surface area contributed by atoms with Crippen molar-refractivity contribution in [3.63, 3.8) is 0 Å². The second kappa shape index (κ2) is 15.3. The highest BCUT2D eigenvalue weighted by atomic mass is 79.9. The molecular formula is C44H68B3BrF2N8O6. The van der Waals surface area contributed by atoms with Crippen molar-refractivity contribution in [1.82, 2.24) is 29.5 Å². The molecule has 2 aromatic carbocycles. The van der Waals surface area contributed by atoms with Gasteiger partial charge in [0.25, 0.3) is 0 Å². The van der Waals surface area contributed by atoms with Gasteiger partial charge in [-0.05, 0) is 167 Å². The van der Waals surface area contributed by atoms with E-state index in [9.17, 15) is 4.39 Å². The predicted molar refractivity (Wildman–Crippen MR) is 255 cm³/mol. The van der Waals surface area contributed by atoms with Crippen molar-refractivity contribution in [2.75, 3.05) is 10.6 Å². The third kappa shape index (κ3) is 7.83. The molecule has 0 aliphatic carbocycles. The lowest BCUT2D eigenvalue weighted by Crippen LogP contribution is -2.41. The molecule has 5 aliphatic rings. The molecule has 64 heavy (non-hydrogen) atoms. The molecule has 0 atom stereocenters. The van der Waals surface area contributed by atoms with Crippen molar-refractivity contribution in [2.24, 2.45) is 0 Å². The van der Waals surface area contributed by atoms with Gasteiger partial charge >= 0.3 is 21.1 Å². The second-order valence-electron chi connectivity index (χ2n) is 21.6. The van der Waals surface area contributed by atoms with Crippen LogP contribution in [0.15, 0.2) is 16.6 Å². The van der Waals surface area contributed by atoms with E-state index in [1.807, 2.05) is 148 Å². The molecule has 0 unspecified atom stereocenters. The molecule has 0 amide bonds. The number of halogens is 3. The summed E-state index contributed by atoms with van der Waals surface area (Å²) < 4.78 is 70.2. The number of hydrogen-bond donors (Lipinski definition) is 2. The van der Waals surface area contributed by atoms with E-state index in [0.717, 1.165) is 50.3 Å². The van der Waals surface area contributed by atoms with Crippen LogP contribution in [-0.2, 0) is 39.0 Å². The normalized spacial score (nSPS) is 22.8. The molecule has 2 N–H and O–H groups in total. The number of fused-ring (bicyclic) bond motifs is 6. The van der Waals surface area contributed by atoms with E-state index in [0.29, 0.717) is 16.8 Å². The predicted octanol–water partition coefficient (Wildman–Crippen LogP) is 9.17. The minimum Gasteiger partial charge on any atom is -0.405 e. The van der Waals surface area contributed by atoms with Crippen molar-refractivity contribution in [3.8, 4) is 11.4 Å². The van der Waals surface area contributed by atoms with Crippen molar-refractivity contribution in [2.45, 2.75) is 183 Å². The second-order valence-corrected chi connectivity index (χ2v) is 22.5. The molecule has 20 heteroatoms. The molecule has 9 rings (SSSR count). The highest BCUT2D eigenvalue weighted by molar-refractivity contribution is 9.10. The number of benzene rings is 2. The summed E-state index contributed by atoms with van der Waals surface area (Å²) in [6, 6.07) is 3.01. The first-order valence-corrected chi connectivity index (χ1v) is 22.7. The zero-order chi connectivity index (χ0) is 47.9. The summed E-state index contributed by atoms with van der Waals surface area (Å²) in [7, 11) is -1.59. The fourth-order valence-electron chi connectivity index (χ4n) is 8.28. The largest absolute Gasteiger partial charge is 0.495 e. The van der Waals surface area contributed by atoms with Crippen molar-refractivity contribution in [1.29, 1.82) is 0 Å². The Kier molecular flexibility index (Phi) is 11.6. The molecule has 3 saturated heterocycles. The molecule has 0 spiro atoms. The van der Waals surface area contributed by atoms with Gasteiger partial charge in [0.15, 0.2) is 11.6 Å².